The van der Waals surface area contributed by atoms with Gasteiger partial charge >= 0.3 is 0 Å². The van der Waals surface area contributed by atoms with E-state index in [2.05, 4.69) is 41.2 Å². The number of methoxy groups -OCH3 is 1. The van der Waals surface area contributed by atoms with Gasteiger partial charge in [0.05, 0.1) is 12.3 Å². The maximum atomic E-state index is 5.64. The fourth-order valence-electron chi connectivity index (χ4n) is 3.35. The normalized spacial score (nSPS) is 16.9. The second-order valence-electron chi connectivity index (χ2n) is 7.05. The molecule has 0 saturated carbocycles. The summed E-state index contributed by atoms with van der Waals surface area (Å²) < 4.78 is 10.9. The van der Waals surface area contributed by atoms with Gasteiger partial charge in [0.2, 0.25) is 5.89 Å². The third-order valence-electron chi connectivity index (χ3n) is 4.80. The summed E-state index contributed by atoms with van der Waals surface area (Å²) in [6.07, 6.45) is 3.66. The van der Waals surface area contributed by atoms with Crippen LogP contribution >= 0.6 is 24.0 Å². The third-order valence-corrected chi connectivity index (χ3v) is 4.80. The molecule has 0 aliphatic carbocycles. The van der Waals surface area contributed by atoms with Crippen LogP contribution in [0.3, 0.4) is 0 Å². The van der Waals surface area contributed by atoms with Crippen molar-refractivity contribution < 1.29 is 9.15 Å². The van der Waals surface area contributed by atoms with Crippen molar-refractivity contribution in [2.45, 2.75) is 26.7 Å². The monoisotopic (exact) mass is 498 g/mol. The Bertz CT molecular complexity index is 745. The van der Waals surface area contributed by atoms with Crippen molar-refractivity contribution in [3.8, 4) is 11.5 Å². The van der Waals surface area contributed by atoms with E-state index in [1.54, 1.807) is 13.4 Å². The predicted molar refractivity (Wildman–Crippen MR) is 123 cm³/mol. The van der Waals surface area contributed by atoms with Gasteiger partial charge in [0.25, 0.3) is 0 Å². The van der Waals surface area contributed by atoms with Crippen LogP contribution in [0.15, 0.2) is 39.9 Å². The molecule has 154 valence electrons. The number of ether oxygens (including phenoxy) is 1. The van der Waals surface area contributed by atoms with E-state index in [1.165, 1.54) is 5.56 Å². The lowest BCUT2D eigenvalue weighted by atomic mass is 10.1. The van der Waals surface area contributed by atoms with Crippen LogP contribution in [0.4, 0.5) is 0 Å². The van der Waals surface area contributed by atoms with E-state index in [0.717, 1.165) is 56.3 Å². The highest BCUT2D eigenvalue weighted by atomic mass is 127. The second kappa shape index (κ2) is 11.4. The first-order valence-electron chi connectivity index (χ1n) is 9.73. The fourth-order valence-corrected chi connectivity index (χ4v) is 3.35. The molecule has 1 aliphatic rings. The lowest BCUT2D eigenvalue weighted by molar-refractivity contribution is 0.157. The zero-order valence-corrected chi connectivity index (χ0v) is 19.3. The summed E-state index contributed by atoms with van der Waals surface area (Å²) in [4.78, 5) is 11.7. The van der Waals surface area contributed by atoms with Crippen LogP contribution in [0.2, 0.25) is 0 Å². The average molecular weight is 498 g/mol. The number of halogens is 1. The largest absolute Gasteiger partial charge is 0.444 e. The molecule has 0 amide bonds. The Kier molecular flexibility index (Phi) is 9.24. The van der Waals surface area contributed by atoms with Gasteiger partial charge in [-0.2, -0.15) is 0 Å². The highest BCUT2D eigenvalue weighted by molar-refractivity contribution is 14.0. The van der Waals surface area contributed by atoms with E-state index >= 15 is 0 Å². The number of nitrogens with one attached hydrogen (secondary N) is 1. The molecule has 1 aromatic heterocycles. The first-order valence-corrected chi connectivity index (χ1v) is 9.73. The number of hydrogen-bond acceptors (Lipinski definition) is 4. The van der Waals surface area contributed by atoms with Crippen molar-refractivity contribution in [3.63, 3.8) is 0 Å². The smallest absolute Gasteiger partial charge is 0.226 e. The lowest BCUT2D eigenvalue weighted by Crippen LogP contribution is -2.40. The summed E-state index contributed by atoms with van der Waals surface area (Å²) in [6.45, 7) is 8.57. The molecule has 2 aromatic rings. The molecule has 1 aromatic carbocycles. The first kappa shape index (κ1) is 22.7. The van der Waals surface area contributed by atoms with Gasteiger partial charge in [-0.1, -0.05) is 17.7 Å². The van der Waals surface area contributed by atoms with Crippen molar-refractivity contribution in [2.24, 2.45) is 10.9 Å². The van der Waals surface area contributed by atoms with E-state index in [1.807, 2.05) is 12.1 Å². The summed E-state index contributed by atoms with van der Waals surface area (Å²) in [5, 5.41) is 3.40. The van der Waals surface area contributed by atoms with Crippen LogP contribution in [0, 0.1) is 12.8 Å². The number of aryl methyl sites for hydroxylation is 1. The first-order chi connectivity index (χ1) is 13.2. The lowest BCUT2D eigenvalue weighted by Gasteiger charge is -2.21. The van der Waals surface area contributed by atoms with Gasteiger partial charge in [-0.15, -0.1) is 24.0 Å². The van der Waals surface area contributed by atoms with Crippen molar-refractivity contribution in [1.29, 1.82) is 0 Å². The molecule has 0 spiro atoms. The summed E-state index contributed by atoms with van der Waals surface area (Å²) in [5.41, 5.74) is 3.17. The van der Waals surface area contributed by atoms with E-state index < -0.39 is 0 Å². The number of likely N-dealkylation sites (tertiary alicyclic amines) is 1. The standard InChI is InChI=1S/C21H30N4O2.HI/c1-4-22-21(25-12-10-17(13-25)14-26-3)23-11-9-19-15-27-20(24-19)18-7-5-16(2)6-8-18;/h5-8,15,17H,4,9-14H2,1-3H3,(H,22,23);1H. The molecular formula is C21H31IN4O2. The minimum atomic E-state index is 0. The molecule has 1 fully saturated rings. The highest BCUT2D eigenvalue weighted by Crippen LogP contribution is 2.19. The number of guanidine groups is 1. The molecular weight excluding hydrogens is 467 g/mol. The Morgan fingerprint density at radius 2 is 2.14 bits per heavy atom. The molecule has 28 heavy (non-hydrogen) atoms. The molecule has 0 bridgehead atoms. The van der Waals surface area contributed by atoms with Gasteiger partial charge in [0.1, 0.15) is 6.26 Å². The van der Waals surface area contributed by atoms with Crippen LogP contribution in [0.5, 0.6) is 0 Å². The molecule has 1 saturated heterocycles. The minimum Gasteiger partial charge on any atom is -0.444 e. The van der Waals surface area contributed by atoms with Crippen LogP contribution in [0.25, 0.3) is 11.5 Å². The maximum Gasteiger partial charge on any atom is 0.226 e. The van der Waals surface area contributed by atoms with Crippen molar-refractivity contribution in [2.75, 3.05) is 39.9 Å². The van der Waals surface area contributed by atoms with Gasteiger partial charge < -0.3 is 19.4 Å². The van der Waals surface area contributed by atoms with Crippen molar-refractivity contribution in [3.05, 3.63) is 41.8 Å². The van der Waals surface area contributed by atoms with Crippen LogP contribution in [-0.2, 0) is 11.2 Å². The SMILES string of the molecule is CCNC(=NCCc1coc(-c2ccc(C)cc2)n1)N1CCC(COC)C1.I. The number of aromatic nitrogens is 1. The van der Waals surface area contributed by atoms with Gasteiger partial charge in [-0.3, -0.25) is 4.99 Å². The zero-order chi connectivity index (χ0) is 19.1. The summed E-state index contributed by atoms with van der Waals surface area (Å²) >= 11 is 0. The van der Waals surface area contributed by atoms with Gasteiger partial charge in [0, 0.05) is 51.2 Å². The highest BCUT2D eigenvalue weighted by Gasteiger charge is 2.24. The molecule has 1 unspecified atom stereocenters. The second-order valence-corrected chi connectivity index (χ2v) is 7.05. The average Bonchev–Trinajstić information content (AvgIpc) is 3.32. The Balaban J connectivity index is 0.00000280. The fraction of sp³-hybridized carbons (Fsp3) is 0.524. The Labute approximate surface area is 184 Å². The van der Waals surface area contributed by atoms with Crippen molar-refractivity contribution >= 4 is 29.9 Å². The maximum absolute atomic E-state index is 5.64. The van der Waals surface area contributed by atoms with Gasteiger partial charge in [-0.05, 0) is 32.4 Å². The van der Waals surface area contributed by atoms with E-state index in [0.29, 0.717) is 18.4 Å². The Morgan fingerprint density at radius 1 is 1.36 bits per heavy atom. The van der Waals surface area contributed by atoms with E-state index in [-0.39, 0.29) is 24.0 Å². The molecule has 1 atom stereocenters. The molecule has 0 radical (unpaired) electrons. The zero-order valence-electron chi connectivity index (χ0n) is 17.0. The topological polar surface area (TPSA) is 62.9 Å². The van der Waals surface area contributed by atoms with Crippen molar-refractivity contribution in [1.82, 2.24) is 15.2 Å². The van der Waals surface area contributed by atoms with Gasteiger partial charge in [-0.25, -0.2) is 4.98 Å². The number of nitrogens with zero attached hydrogens (tertiary/aromatic N) is 3. The summed E-state index contributed by atoms with van der Waals surface area (Å²) in [7, 11) is 1.77. The Morgan fingerprint density at radius 3 is 2.86 bits per heavy atom. The van der Waals surface area contributed by atoms with E-state index in [4.69, 9.17) is 14.1 Å². The third kappa shape index (κ3) is 6.20. The van der Waals surface area contributed by atoms with Crippen LogP contribution in [0.1, 0.15) is 24.6 Å². The molecule has 7 heteroatoms. The Hall–Kier alpha value is -1.61. The van der Waals surface area contributed by atoms with Crippen LogP contribution < -0.4 is 5.32 Å². The number of benzene rings is 1. The molecule has 3 rings (SSSR count). The minimum absolute atomic E-state index is 0. The quantitative estimate of drug-likeness (QED) is 0.358. The van der Waals surface area contributed by atoms with E-state index in [9.17, 15) is 0 Å². The summed E-state index contributed by atoms with van der Waals surface area (Å²) in [6, 6.07) is 8.21. The molecule has 2 heterocycles. The summed E-state index contributed by atoms with van der Waals surface area (Å²) in [5.74, 6) is 2.24. The molecule has 1 aliphatic heterocycles. The predicted octanol–water partition coefficient (Wildman–Crippen LogP) is 3.74. The molecule has 1 N–H and O–H groups in total. The number of oxazole rings is 1. The number of hydrogen-bond donors (Lipinski definition) is 1. The molecule has 6 nitrogen and oxygen atoms in total. The number of rotatable bonds is 7. The van der Waals surface area contributed by atoms with Crippen LogP contribution in [-0.4, -0.2) is 55.7 Å². The number of aliphatic imine (C=N–C) groups is 1. The van der Waals surface area contributed by atoms with Gasteiger partial charge in [0.15, 0.2) is 5.96 Å².